The lowest BCUT2D eigenvalue weighted by atomic mass is 10.0. The molecule has 0 unspecified atom stereocenters. The quantitative estimate of drug-likeness (QED) is 0.554. The molecule has 0 saturated carbocycles. The molecule has 0 atom stereocenters. The number of aromatic nitrogens is 2. The number of amides is 1. The molecule has 3 aromatic carbocycles. The summed E-state index contributed by atoms with van der Waals surface area (Å²) in [6.45, 7) is -0.162. The normalized spacial score (nSPS) is 10.6. The van der Waals surface area contributed by atoms with Gasteiger partial charge in [-0.1, -0.05) is 47.6 Å². The van der Waals surface area contributed by atoms with Crippen LogP contribution in [-0.4, -0.2) is 22.7 Å². The maximum absolute atomic E-state index is 10.8. The van der Waals surface area contributed by atoms with Crippen molar-refractivity contribution in [2.45, 2.75) is 0 Å². The maximum Gasteiger partial charge on any atom is 0.258 e. The molecule has 28 heavy (non-hydrogen) atoms. The second-order valence-electron chi connectivity index (χ2n) is 6.15. The number of benzene rings is 3. The minimum atomic E-state index is -0.523. The highest BCUT2D eigenvalue weighted by molar-refractivity contribution is 5.75. The molecule has 0 radical (unpaired) electrons. The van der Waals surface area contributed by atoms with Crippen molar-refractivity contribution < 1.29 is 14.1 Å². The Balaban J connectivity index is 1.50. The van der Waals surface area contributed by atoms with Gasteiger partial charge in [0.1, 0.15) is 5.75 Å². The van der Waals surface area contributed by atoms with Gasteiger partial charge < -0.3 is 15.0 Å². The molecule has 4 aromatic rings. The molecule has 4 rings (SSSR count). The van der Waals surface area contributed by atoms with Crippen LogP contribution in [-0.2, 0) is 4.79 Å². The predicted octanol–water partition coefficient (Wildman–Crippen LogP) is 3.93. The molecule has 0 aliphatic rings. The van der Waals surface area contributed by atoms with Crippen LogP contribution >= 0.6 is 0 Å². The standard InChI is InChI=1S/C22H17N3O3/c23-20(26)14-27-19-12-10-17(11-13-19)21-24-22(28-25-21)18-8-6-16(7-9-18)15-4-2-1-3-5-15/h1-13H,14H2,(H2,23,26). The van der Waals surface area contributed by atoms with Crippen LogP contribution in [0.3, 0.4) is 0 Å². The SMILES string of the molecule is NC(=O)COc1ccc(-c2noc(-c3ccc(-c4ccccc4)cc3)n2)cc1. The molecule has 6 heteroatoms. The zero-order valence-corrected chi connectivity index (χ0v) is 14.9. The van der Waals surface area contributed by atoms with Crippen LogP contribution in [0.1, 0.15) is 0 Å². The number of nitrogens with two attached hydrogens (primary N) is 1. The largest absolute Gasteiger partial charge is 0.484 e. The third-order valence-corrected chi connectivity index (χ3v) is 4.16. The molecule has 0 aliphatic carbocycles. The number of rotatable bonds is 6. The molecular weight excluding hydrogens is 354 g/mol. The average Bonchev–Trinajstić information content (AvgIpc) is 3.24. The van der Waals surface area contributed by atoms with E-state index in [1.54, 1.807) is 24.3 Å². The lowest BCUT2D eigenvalue weighted by molar-refractivity contribution is -0.119. The minimum Gasteiger partial charge on any atom is -0.484 e. The lowest BCUT2D eigenvalue weighted by Crippen LogP contribution is -2.19. The molecule has 0 spiro atoms. The fourth-order valence-corrected chi connectivity index (χ4v) is 2.75. The number of carbonyl (C=O) groups excluding carboxylic acids is 1. The van der Waals surface area contributed by atoms with Gasteiger partial charge in [0.25, 0.3) is 11.8 Å². The molecule has 0 fully saturated rings. The first-order valence-corrected chi connectivity index (χ1v) is 8.70. The van der Waals surface area contributed by atoms with Crippen molar-refractivity contribution >= 4 is 5.91 Å². The van der Waals surface area contributed by atoms with Gasteiger partial charge in [-0.3, -0.25) is 4.79 Å². The van der Waals surface area contributed by atoms with Gasteiger partial charge in [-0.25, -0.2) is 0 Å². The number of hydrogen-bond donors (Lipinski definition) is 1. The van der Waals surface area contributed by atoms with Crippen molar-refractivity contribution in [3.8, 4) is 39.7 Å². The van der Waals surface area contributed by atoms with E-state index in [2.05, 4.69) is 22.3 Å². The molecule has 1 heterocycles. The van der Waals surface area contributed by atoms with Crippen LogP contribution in [0.5, 0.6) is 5.75 Å². The molecule has 0 saturated heterocycles. The first kappa shape index (κ1) is 17.5. The molecule has 2 N–H and O–H groups in total. The molecule has 0 aliphatic heterocycles. The van der Waals surface area contributed by atoms with Crippen molar-refractivity contribution in [1.82, 2.24) is 10.1 Å². The van der Waals surface area contributed by atoms with Crippen LogP contribution in [0.15, 0.2) is 83.4 Å². The van der Waals surface area contributed by atoms with Gasteiger partial charge in [0.2, 0.25) is 5.82 Å². The van der Waals surface area contributed by atoms with Gasteiger partial charge in [0.15, 0.2) is 6.61 Å². The second kappa shape index (κ2) is 7.75. The molecule has 1 amide bonds. The van der Waals surface area contributed by atoms with E-state index in [4.69, 9.17) is 15.0 Å². The lowest BCUT2D eigenvalue weighted by Gasteiger charge is -2.03. The van der Waals surface area contributed by atoms with E-state index < -0.39 is 5.91 Å². The fourth-order valence-electron chi connectivity index (χ4n) is 2.75. The smallest absolute Gasteiger partial charge is 0.258 e. The summed E-state index contributed by atoms with van der Waals surface area (Å²) in [6.07, 6.45) is 0. The Kier molecular flexibility index (Phi) is 4.84. The van der Waals surface area contributed by atoms with Crippen molar-refractivity contribution in [3.63, 3.8) is 0 Å². The van der Waals surface area contributed by atoms with Gasteiger partial charge in [0.05, 0.1) is 0 Å². The van der Waals surface area contributed by atoms with Crippen LogP contribution in [0.2, 0.25) is 0 Å². The van der Waals surface area contributed by atoms with Gasteiger partial charge in [0, 0.05) is 11.1 Å². The number of nitrogens with zero attached hydrogens (tertiary/aromatic N) is 2. The first-order valence-electron chi connectivity index (χ1n) is 8.70. The highest BCUT2D eigenvalue weighted by atomic mass is 16.5. The Bertz CT molecular complexity index is 1070. The zero-order chi connectivity index (χ0) is 19.3. The first-order chi connectivity index (χ1) is 13.7. The highest BCUT2D eigenvalue weighted by Crippen LogP contribution is 2.26. The molecule has 6 nitrogen and oxygen atoms in total. The summed E-state index contributed by atoms with van der Waals surface area (Å²) in [5, 5.41) is 4.05. The third kappa shape index (κ3) is 3.91. The van der Waals surface area contributed by atoms with Crippen molar-refractivity contribution in [1.29, 1.82) is 0 Å². The highest BCUT2D eigenvalue weighted by Gasteiger charge is 2.11. The number of primary amides is 1. The van der Waals surface area contributed by atoms with E-state index >= 15 is 0 Å². The topological polar surface area (TPSA) is 91.2 Å². The Morgan fingerprint density at radius 2 is 1.43 bits per heavy atom. The van der Waals surface area contributed by atoms with E-state index in [0.29, 0.717) is 17.5 Å². The molecule has 0 bridgehead atoms. The van der Waals surface area contributed by atoms with E-state index in [9.17, 15) is 4.79 Å². The Labute approximate surface area is 161 Å². The Hall–Kier alpha value is -3.93. The monoisotopic (exact) mass is 371 g/mol. The number of ether oxygens (including phenoxy) is 1. The van der Waals surface area contributed by atoms with Crippen molar-refractivity contribution in [3.05, 3.63) is 78.9 Å². The number of hydrogen-bond acceptors (Lipinski definition) is 5. The maximum atomic E-state index is 10.8. The van der Waals surface area contributed by atoms with Crippen molar-refractivity contribution in [2.24, 2.45) is 5.73 Å². The van der Waals surface area contributed by atoms with Crippen LogP contribution in [0.25, 0.3) is 34.0 Å². The van der Waals surface area contributed by atoms with E-state index in [-0.39, 0.29) is 6.61 Å². The predicted molar refractivity (Wildman–Crippen MR) is 105 cm³/mol. The number of carbonyl (C=O) groups is 1. The van der Waals surface area contributed by atoms with Gasteiger partial charge in [-0.05, 0) is 47.5 Å². The van der Waals surface area contributed by atoms with Gasteiger partial charge in [-0.2, -0.15) is 4.98 Å². The average molecular weight is 371 g/mol. The van der Waals surface area contributed by atoms with Crippen LogP contribution < -0.4 is 10.5 Å². The third-order valence-electron chi connectivity index (χ3n) is 4.16. The molecule has 138 valence electrons. The molecular formula is C22H17N3O3. The van der Waals surface area contributed by atoms with Crippen molar-refractivity contribution in [2.75, 3.05) is 6.61 Å². The van der Waals surface area contributed by atoms with E-state index in [0.717, 1.165) is 22.3 Å². The summed E-state index contributed by atoms with van der Waals surface area (Å²) in [7, 11) is 0. The summed E-state index contributed by atoms with van der Waals surface area (Å²) in [4.78, 5) is 15.2. The van der Waals surface area contributed by atoms with Crippen LogP contribution in [0, 0.1) is 0 Å². The summed E-state index contributed by atoms with van der Waals surface area (Å²) < 4.78 is 10.6. The zero-order valence-electron chi connectivity index (χ0n) is 14.9. The summed E-state index contributed by atoms with van der Waals surface area (Å²) in [5.41, 5.74) is 8.97. The summed E-state index contributed by atoms with van der Waals surface area (Å²) >= 11 is 0. The fraction of sp³-hybridized carbons (Fsp3) is 0.0455. The minimum absolute atomic E-state index is 0.162. The Morgan fingerprint density at radius 1 is 0.821 bits per heavy atom. The summed E-state index contributed by atoms with van der Waals surface area (Å²) in [5.74, 6) is 0.945. The van der Waals surface area contributed by atoms with E-state index in [1.165, 1.54) is 0 Å². The summed E-state index contributed by atoms with van der Waals surface area (Å²) in [6, 6.07) is 25.2. The second-order valence-corrected chi connectivity index (χ2v) is 6.15. The molecule has 1 aromatic heterocycles. The van der Waals surface area contributed by atoms with Gasteiger partial charge >= 0.3 is 0 Å². The Morgan fingerprint density at radius 3 is 2.11 bits per heavy atom. The van der Waals surface area contributed by atoms with Gasteiger partial charge in [-0.15, -0.1) is 0 Å². The van der Waals surface area contributed by atoms with Crippen LogP contribution in [0.4, 0.5) is 0 Å². The van der Waals surface area contributed by atoms with E-state index in [1.807, 2.05) is 42.5 Å².